The number of benzene rings is 1. The first-order valence-electron chi connectivity index (χ1n) is 5.31. The molecule has 0 N–H and O–H groups in total. The summed E-state index contributed by atoms with van der Waals surface area (Å²) in [6, 6.07) is 5.10. The van der Waals surface area contributed by atoms with Gasteiger partial charge in [0.05, 0.1) is 15.7 Å². The van der Waals surface area contributed by atoms with E-state index in [1.807, 2.05) is 4.90 Å². The summed E-state index contributed by atoms with van der Waals surface area (Å²) in [4.78, 5) is 15.8. The molecule has 0 bridgehead atoms. The SMILES string of the molecule is O=C1C2SCCN2C(=S)N1c1ccc(Cl)c(Cl)c1. The number of thioether (sulfide) groups is 1. The molecule has 94 valence electrons. The first-order valence-corrected chi connectivity index (χ1v) is 7.52. The molecule has 1 aromatic carbocycles. The molecular weight excluding hydrogens is 311 g/mol. The monoisotopic (exact) mass is 318 g/mol. The van der Waals surface area contributed by atoms with Crippen LogP contribution in [0.2, 0.25) is 10.0 Å². The molecule has 2 heterocycles. The van der Waals surface area contributed by atoms with E-state index < -0.39 is 0 Å². The first-order chi connectivity index (χ1) is 8.59. The van der Waals surface area contributed by atoms with Crippen molar-refractivity contribution < 1.29 is 4.79 Å². The number of halogens is 2. The molecule has 1 unspecified atom stereocenters. The number of carbonyl (C=O) groups is 1. The van der Waals surface area contributed by atoms with Crippen LogP contribution in [0.5, 0.6) is 0 Å². The second-order valence-electron chi connectivity index (χ2n) is 3.97. The van der Waals surface area contributed by atoms with Crippen molar-refractivity contribution >= 4 is 63.9 Å². The highest BCUT2D eigenvalue weighted by molar-refractivity contribution is 8.01. The maximum absolute atomic E-state index is 12.3. The Kier molecular flexibility index (Phi) is 3.18. The zero-order valence-electron chi connectivity index (χ0n) is 9.10. The van der Waals surface area contributed by atoms with Crippen molar-refractivity contribution in [3.8, 4) is 0 Å². The number of thiocarbonyl (C=S) groups is 1. The highest BCUT2D eigenvalue weighted by Crippen LogP contribution is 2.36. The van der Waals surface area contributed by atoms with Gasteiger partial charge in [-0.15, -0.1) is 11.8 Å². The van der Waals surface area contributed by atoms with Gasteiger partial charge in [-0.05, 0) is 30.4 Å². The molecule has 0 spiro atoms. The van der Waals surface area contributed by atoms with Gasteiger partial charge >= 0.3 is 0 Å². The summed E-state index contributed by atoms with van der Waals surface area (Å²) in [7, 11) is 0. The van der Waals surface area contributed by atoms with Crippen molar-refractivity contribution in [3.63, 3.8) is 0 Å². The van der Waals surface area contributed by atoms with Crippen LogP contribution in [0.15, 0.2) is 18.2 Å². The number of anilines is 1. The van der Waals surface area contributed by atoms with Gasteiger partial charge in [0.1, 0.15) is 0 Å². The molecule has 3 rings (SSSR count). The molecule has 1 atom stereocenters. The number of hydrogen-bond donors (Lipinski definition) is 0. The average Bonchev–Trinajstić information content (AvgIpc) is 2.89. The van der Waals surface area contributed by atoms with Crippen LogP contribution in [-0.2, 0) is 4.79 Å². The lowest BCUT2D eigenvalue weighted by molar-refractivity contribution is -0.117. The topological polar surface area (TPSA) is 23.6 Å². The van der Waals surface area contributed by atoms with Gasteiger partial charge in [0.15, 0.2) is 10.5 Å². The quantitative estimate of drug-likeness (QED) is 0.743. The molecular formula is C11H8Cl2N2OS2. The third-order valence-corrected chi connectivity index (χ3v) is 5.27. The van der Waals surface area contributed by atoms with Crippen LogP contribution in [0.4, 0.5) is 5.69 Å². The summed E-state index contributed by atoms with van der Waals surface area (Å²) in [5, 5.41) is 1.26. The third kappa shape index (κ3) is 1.81. The molecule has 3 nitrogen and oxygen atoms in total. The van der Waals surface area contributed by atoms with Gasteiger partial charge in [-0.1, -0.05) is 23.2 Å². The Morgan fingerprint density at radius 1 is 1.33 bits per heavy atom. The van der Waals surface area contributed by atoms with Gasteiger partial charge in [-0.25, -0.2) is 0 Å². The van der Waals surface area contributed by atoms with E-state index in [9.17, 15) is 4.79 Å². The van der Waals surface area contributed by atoms with Crippen molar-refractivity contribution in [1.29, 1.82) is 0 Å². The van der Waals surface area contributed by atoms with Crippen LogP contribution >= 0.6 is 47.2 Å². The molecule has 18 heavy (non-hydrogen) atoms. The lowest BCUT2D eigenvalue weighted by atomic mass is 10.3. The minimum Gasteiger partial charge on any atom is -0.327 e. The van der Waals surface area contributed by atoms with Crippen molar-refractivity contribution in [2.45, 2.75) is 5.37 Å². The van der Waals surface area contributed by atoms with E-state index >= 15 is 0 Å². The number of nitrogens with zero attached hydrogens (tertiary/aromatic N) is 2. The summed E-state index contributed by atoms with van der Waals surface area (Å²) in [5.41, 5.74) is 0.675. The van der Waals surface area contributed by atoms with E-state index in [1.165, 1.54) is 4.90 Å². The Bertz CT molecular complexity index is 530. The van der Waals surface area contributed by atoms with Gasteiger partial charge in [-0.3, -0.25) is 9.69 Å². The van der Waals surface area contributed by atoms with Gasteiger partial charge in [0.25, 0.3) is 5.91 Å². The molecule has 1 aromatic rings. The van der Waals surface area contributed by atoms with Gasteiger partial charge < -0.3 is 4.90 Å². The predicted molar refractivity (Wildman–Crippen MR) is 79.5 cm³/mol. The van der Waals surface area contributed by atoms with Gasteiger partial charge in [0, 0.05) is 12.3 Å². The minimum absolute atomic E-state index is 0.000823. The van der Waals surface area contributed by atoms with Crippen molar-refractivity contribution in [2.24, 2.45) is 0 Å². The van der Waals surface area contributed by atoms with Crippen LogP contribution in [0.1, 0.15) is 0 Å². The molecule has 2 fully saturated rings. The minimum atomic E-state index is -0.174. The van der Waals surface area contributed by atoms with Crippen LogP contribution in [0.25, 0.3) is 0 Å². The van der Waals surface area contributed by atoms with E-state index in [0.717, 1.165) is 12.3 Å². The maximum Gasteiger partial charge on any atom is 0.266 e. The summed E-state index contributed by atoms with van der Waals surface area (Å²) in [6.45, 7) is 0.817. The van der Waals surface area contributed by atoms with Crippen LogP contribution in [0, 0.1) is 0 Å². The van der Waals surface area contributed by atoms with Crippen LogP contribution in [0.3, 0.4) is 0 Å². The fraction of sp³-hybridized carbons (Fsp3) is 0.273. The van der Waals surface area contributed by atoms with Crippen molar-refractivity contribution in [1.82, 2.24) is 4.90 Å². The zero-order chi connectivity index (χ0) is 12.9. The number of rotatable bonds is 1. The lowest BCUT2D eigenvalue weighted by Gasteiger charge is -2.18. The maximum atomic E-state index is 12.3. The van der Waals surface area contributed by atoms with E-state index in [4.69, 9.17) is 35.4 Å². The summed E-state index contributed by atoms with van der Waals surface area (Å²) < 4.78 is 0. The van der Waals surface area contributed by atoms with Gasteiger partial charge in [-0.2, -0.15) is 0 Å². The summed E-state index contributed by atoms with van der Waals surface area (Å²) in [5.74, 6) is 0.937. The highest BCUT2D eigenvalue weighted by atomic mass is 35.5. The molecule has 0 aromatic heterocycles. The van der Waals surface area contributed by atoms with E-state index in [2.05, 4.69) is 0 Å². The Morgan fingerprint density at radius 3 is 2.78 bits per heavy atom. The number of hydrogen-bond acceptors (Lipinski definition) is 3. The largest absolute Gasteiger partial charge is 0.327 e. The Hall–Kier alpha value is -0.490. The molecule has 0 aliphatic carbocycles. The lowest BCUT2D eigenvalue weighted by Crippen LogP contribution is -2.33. The first kappa shape index (κ1) is 12.5. The number of carbonyl (C=O) groups excluding carboxylic acids is 1. The summed E-state index contributed by atoms with van der Waals surface area (Å²) >= 11 is 18.8. The second-order valence-corrected chi connectivity index (χ2v) is 6.34. The average molecular weight is 319 g/mol. The van der Waals surface area contributed by atoms with Crippen molar-refractivity contribution in [2.75, 3.05) is 17.2 Å². The van der Waals surface area contributed by atoms with Crippen LogP contribution < -0.4 is 4.90 Å². The molecule has 2 aliphatic heterocycles. The van der Waals surface area contributed by atoms with Gasteiger partial charge in [0.2, 0.25) is 0 Å². The Morgan fingerprint density at radius 2 is 2.11 bits per heavy atom. The Labute approximate surface area is 124 Å². The standard InChI is InChI=1S/C11H8Cl2N2OS2/c12-7-2-1-6(5-8(7)13)15-9(16)10-14(11(15)17)3-4-18-10/h1-2,5,10H,3-4H2. The highest BCUT2D eigenvalue weighted by Gasteiger charge is 2.46. The third-order valence-electron chi connectivity index (χ3n) is 2.92. The zero-order valence-corrected chi connectivity index (χ0v) is 12.2. The normalized spacial score (nSPS) is 22.9. The molecule has 7 heteroatoms. The molecule has 1 amide bonds. The molecule has 2 aliphatic rings. The van der Waals surface area contributed by atoms with E-state index in [0.29, 0.717) is 20.8 Å². The summed E-state index contributed by atoms with van der Waals surface area (Å²) in [6.07, 6.45) is 0. The Balaban J connectivity index is 1.99. The van der Waals surface area contributed by atoms with E-state index in [-0.39, 0.29) is 11.3 Å². The predicted octanol–water partition coefficient (Wildman–Crippen LogP) is 3.00. The molecule has 0 saturated carbocycles. The molecule has 2 saturated heterocycles. The number of amides is 1. The fourth-order valence-corrected chi connectivity index (χ4v) is 3.98. The van der Waals surface area contributed by atoms with Crippen LogP contribution in [-0.4, -0.2) is 33.6 Å². The van der Waals surface area contributed by atoms with Crippen molar-refractivity contribution in [3.05, 3.63) is 28.2 Å². The fourth-order valence-electron chi connectivity index (χ4n) is 2.07. The second kappa shape index (κ2) is 4.56. The van der Waals surface area contributed by atoms with E-state index in [1.54, 1.807) is 30.0 Å². The molecule has 0 radical (unpaired) electrons. The smallest absolute Gasteiger partial charge is 0.266 e. The number of fused-ring (bicyclic) bond motifs is 1.